The number of nitrogens with one attached hydrogen (secondary N) is 1. The van der Waals surface area contributed by atoms with Gasteiger partial charge in [-0.3, -0.25) is 4.79 Å². The Bertz CT molecular complexity index is 398. The van der Waals surface area contributed by atoms with Gasteiger partial charge in [-0.05, 0) is 31.5 Å². The standard InChI is InChI=1S/C12H16N2O2/c13-11-6-9(15)3-4-10(11)12(16)8-2-1-5-14-7-8/h3-4,6,8,14-15H,1-2,5,7,13H2. The van der Waals surface area contributed by atoms with Crippen molar-refractivity contribution in [3.05, 3.63) is 23.8 Å². The van der Waals surface area contributed by atoms with Gasteiger partial charge in [-0.1, -0.05) is 0 Å². The summed E-state index contributed by atoms with van der Waals surface area (Å²) in [6.45, 7) is 1.70. The van der Waals surface area contributed by atoms with Gasteiger partial charge in [-0.2, -0.15) is 0 Å². The molecule has 0 amide bonds. The summed E-state index contributed by atoms with van der Waals surface area (Å²) >= 11 is 0. The Morgan fingerprint density at radius 2 is 2.31 bits per heavy atom. The zero-order chi connectivity index (χ0) is 11.5. The van der Waals surface area contributed by atoms with Crippen LogP contribution in [0.4, 0.5) is 5.69 Å². The number of ketones is 1. The van der Waals surface area contributed by atoms with Crippen molar-refractivity contribution < 1.29 is 9.90 Å². The van der Waals surface area contributed by atoms with Crippen molar-refractivity contribution >= 4 is 11.5 Å². The first-order valence-corrected chi connectivity index (χ1v) is 5.52. The smallest absolute Gasteiger partial charge is 0.169 e. The molecule has 0 bridgehead atoms. The second-order valence-electron chi connectivity index (χ2n) is 4.18. The van der Waals surface area contributed by atoms with Crippen LogP contribution in [-0.4, -0.2) is 24.0 Å². The summed E-state index contributed by atoms with van der Waals surface area (Å²) in [5.74, 6) is 0.182. The molecule has 0 spiro atoms. The molecule has 4 N–H and O–H groups in total. The fourth-order valence-electron chi connectivity index (χ4n) is 2.07. The lowest BCUT2D eigenvalue weighted by Gasteiger charge is -2.22. The van der Waals surface area contributed by atoms with Gasteiger partial charge in [0.25, 0.3) is 0 Å². The number of benzene rings is 1. The van der Waals surface area contributed by atoms with Crippen molar-refractivity contribution in [3.63, 3.8) is 0 Å². The fourth-order valence-corrected chi connectivity index (χ4v) is 2.07. The van der Waals surface area contributed by atoms with E-state index in [0.717, 1.165) is 25.9 Å². The third kappa shape index (κ3) is 2.17. The highest BCUT2D eigenvalue weighted by molar-refractivity contribution is 6.02. The van der Waals surface area contributed by atoms with E-state index in [0.29, 0.717) is 11.3 Å². The SMILES string of the molecule is Nc1cc(O)ccc1C(=O)C1CCCNC1. The van der Waals surface area contributed by atoms with E-state index in [1.165, 1.54) is 12.1 Å². The number of phenols is 1. The number of hydrogen-bond donors (Lipinski definition) is 3. The average molecular weight is 220 g/mol. The number of carbonyl (C=O) groups excluding carboxylic acids is 1. The number of aromatic hydroxyl groups is 1. The molecule has 16 heavy (non-hydrogen) atoms. The molecule has 0 radical (unpaired) electrons. The molecule has 1 aromatic carbocycles. The van der Waals surface area contributed by atoms with Crippen molar-refractivity contribution in [2.24, 2.45) is 5.92 Å². The lowest BCUT2D eigenvalue weighted by Crippen LogP contribution is -2.34. The first kappa shape index (κ1) is 11.0. The highest BCUT2D eigenvalue weighted by atomic mass is 16.3. The van der Waals surface area contributed by atoms with Gasteiger partial charge >= 0.3 is 0 Å². The number of piperidine rings is 1. The predicted octanol–water partition coefficient (Wildman–Crippen LogP) is 1.16. The van der Waals surface area contributed by atoms with Gasteiger partial charge in [0.15, 0.2) is 5.78 Å². The number of carbonyl (C=O) groups is 1. The third-order valence-electron chi connectivity index (χ3n) is 2.97. The van der Waals surface area contributed by atoms with E-state index in [9.17, 15) is 9.90 Å². The number of phenolic OH excluding ortho intramolecular Hbond substituents is 1. The lowest BCUT2D eigenvalue weighted by atomic mass is 9.90. The summed E-state index contributed by atoms with van der Waals surface area (Å²) in [4.78, 5) is 12.1. The molecule has 0 aromatic heterocycles. The topological polar surface area (TPSA) is 75.3 Å². The lowest BCUT2D eigenvalue weighted by molar-refractivity contribution is 0.0900. The van der Waals surface area contributed by atoms with E-state index in [1.54, 1.807) is 6.07 Å². The largest absolute Gasteiger partial charge is 0.508 e. The normalized spacial score (nSPS) is 20.6. The maximum absolute atomic E-state index is 12.1. The second kappa shape index (κ2) is 4.53. The quantitative estimate of drug-likeness (QED) is 0.516. The van der Waals surface area contributed by atoms with Crippen LogP contribution in [0.5, 0.6) is 5.75 Å². The maximum atomic E-state index is 12.1. The summed E-state index contributed by atoms with van der Waals surface area (Å²) in [5.41, 5.74) is 6.60. The summed E-state index contributed by atoms with van der Waals surface area (Å²) in [5, 5.41) is 12.4. The van der Waals surface area contributed by atoms with Crippen molar-refractivity contribution in [2.45, 2.75) is 12.8 Å². The molecular formula is C12H16N2O2. The number of nitrogen functional groups attached to an aromatic ring is 1. The number of nitrogens with two attached hydrogens (primary N) is 1. The van der Waals surface area contributed by atoms with Gasteiger partial charge in [0.2, 0.25) is 0 Å². The van der Waals surface area contributed by atoms with Crippen LogP contribution in [-0.2, 0) is 0 Å². The molecule has 4 heteroatoms. The van der Waals surface area contributed by atoms with Gasteiger partial charge in [0, 0.05) is 29.8 Å². The molecule has 1 fully saturated rings. The minimum absolute atomic E-state index is 0.0144. The monoisotopic (exact) mass is 220 g/mol. The van der Waals surface area contributed by atoms with E-state index in [1.807, 2.05) is 0 Å². The zero-order valence-corrected chi connectivity index (χ0v) is 9.07. The van der Waals surface area contributed by atoms with E-state index in [-0.39, 0.29) is 17.5 Å². The molecule has 1 unspecified atom stereocenters. The summed E-state index contributed by atoms with van der Waals surface area (Å²) in [7, 11) is 0. The molecule has 0 saturated carbocycles. The van der Waals surface area contributed by atoms with Gasteiger partial charge in [-0.15, -0.1) is 0 Å². The minimum Gasteiger partial charge on any atom is -0.508 e. The Balaban J connectivity index is 2.19. The molecule has 1 atom stereocenters. The van der Waals surface area contributed by atoms with Crippen LogP contribution in [0.15, 0.2) is 18.2 Å². The molecule has 4 nitrogen and oxygen atoms in total. The van der Waals surface area contributed by atoms with Crippen LogP contribution in [0.2, 0.25) is 0 Å². The molecule has 1 aromatic rings. The second-order valence-corrected chi connectivity index (χ2v) is 4.18. The van der Waals surface area contributed by atoms with Crippen LogP contribution < -0.4 is 11.1 Å². The number of anilines is 1. The van der Waals surface area contributed by atoms with Crippen LogP contribution in [0.25, 0.3) is 0 Å². The molecule has 86 valence electrons. The number of Topliss-reactive ketones (excluding diaryl/α,β-unsaturated/α-hetero) is 1. The van der Waals surface area contributed by atoms with Crippen molar-refractivity contribution in [1.82, 2.24) is 5.32 Å². The highest BCUT2D eigenvalue weighted by Gasteiger charge is 2.23. The van der Waals surface area contributed by atoms with Crippen LogP contribution >= 0.6 is 0 Å². The number of hydrogen-bond acceptors (Lipinski definition) is 4. The van der Waals surface area contributed by atoms with Crippen molar-refractivity contribution in [2.75, 3.05) is 18.8 Å². The van der Waals surface area contributed by atoms with Crippen LogP contribution in [0.3, 0.4) is 0 Å². The predicted molar refractivity (Wildman–Crippen MR) is 62.4 cm³/mol. The van der Waals surface area contributed by atoms with Gasteiger partial charge in [0.05, 0.1) is 0 Å². The van der Waals surface area contributed by atoms with Crippen LogP contribution in [0, 0.1) is 5.92 Å². The van der Waals surface area contributed by atoms with Crippen LogP contribution in [0.1, 0.15) is 23.2 Å². The van der Waals surface area contributed by atoms with Crippen molar-refractivity contribution in [1.29, 1.82) is 0 Å². The first-order chi connectivity index (χ1) is 7.68. The Morgan fingerprint density at radius 3 is 2.94 bits per heavy atom. The highest BCUT2D eigenvalue weighted by Crippen LogP contribution is 2.23. The molecule has 1 saturated heterocycles. The average Bonchev–Trinajstić information content (AvgIpc) is 2.29. The Kier molecular flexibility index (Phi) is 3.10. The van der Waals surface area contributed by atoms with Gasteiger partial charge in [0.1, 0.15) is 5.75 Å². The maximum Gasteiger partial charge on any atom is 0.169 e. The van der Waals surface area contributed by atoms with E-state index in [2.05, 4.69) is 5.32 Å². The minimum atomic E-state index is 0.0144. The molecule has 1 aliphatic heterocycles. The van der Waals surface area contributed by atoms with Gasteiger partial charge in [-0.25, -0.2) is 0 Å². The van der Waals surface area contributed by atoms with Crippen molar-refractivity contribution in [3.8, 4) is 5.75 Å². The van der Waals surface area contributed by atoms with E-state index in [4.69, 9.17) is 5.73 Å². The molecule has 0 aliphatic carbocycles. The Labute approximate surface area is 94.5 Å². The summed E-state index contributed by atoms with van der Waals surface area (Å²) < 4.78 is 0. The molecule has 2 rings (SSSR count). The third-order valence-corrected chi connectivity index (χ3v) is 2.97. The summed E-state index contributed by atoms with van der Waals surface area (Å²) in [6.07, 6.45) is 1.93. The Hall–Kier alpha value is -1.55. The first-order valence-electron chi connectivity index (χ1n) is 5.52. The number of rotatable bonds is 2. The van der Waals surface area contributed by atoms with E-state index < -0.39 is 0 Å². The summed E-state index contributed by atoms with van der Waals surface area (Å²) in [6, 6.07) is 4.52. The van der Waals surface area contributed by atoms with E-state index >= 15 is 0 Å². The molecule has 1 aliphatic rings. The zero-order valence-electron chi connectivity index (χ0n) is 9.07. The van der Waals surface area contributed by atoms with Gasteiger partial charge < -0.3 is 16.2 Å². The Morgan fingerprint density at radius 1 is 1.50 bits per heavy atom. The molecular weight excluding hydrogens is 204 g/mol. The fraction of sp³-hybridized carbons (Fsp3) is 0.417. The molecule has 1 heterocycles.